The van der Waals surface area contributed by atoms with Crippen LogP contribution >= 0.6 is 0 Å². The van der Waals surface area contributed by atoms with Gasteiger partial charge in [-0.1, -0.05) is 13.8 Å². The summed E-state index contributed by atoms with van der Waals surface area (Å²) in [7, 11) is 2.57. The van der Waals surface area contributed by atoms with E-state index >= 15 is 0 Å². The smallest absolute Gasteiger partial charge is 0.460 e. The Bertz CT molecular complexity index is 1190. The molecule has 3 atom stereocenters. The summed E-state index contributed by atoms with van der Waals surface area (Å²) in [4.78, 5) is 38.1. The molecule has 0 aliphatic carbocycles. The van der Waals surface area contributed by atoms with Gasteiger partial charge in [0.2, 0.25) is 0 Å². The predicted molar refractivity (Wildman–Crippen MR) is 165 cm³/mol. The number of methoxy groups -OCH3 is 2. The molecule has 0 saturated heterocycles. The van der Waals surface area contributed by atoms with E-state index in [1.54, 1.807) is 0 Å². The summed E-state index contributed by atoms with van der Waals surface area (Å²) in [6.07, 6.45) is -11.5. The van der Waals surface area contributed by atoms with E-state index in [1.807, 2.05) is 0 Å². The molecular weight excluding hydrogens is 807 g/mol. The fourth-order valence-electron chi connectivity index (χ4n) is 4.78. The average Bonchev–Trinajstić information content (AvgIpc) is 3.10. The van der Waals surface area contributed by atoms with Crippen molar-refractivity contribution in [1.29, 1.82) is 0 Å². The summed E-state index contributed by atoms with van der Waals surface area (Å²) in [6.45, 7) is 3.75. The molecule has 0 N–H and O–H groups in total. The fourth-order valence-corrected chi connectivity index (χ4v) is 4.78. The Balaban J connectivity index is 5.39. The third-order valence-electron chi connectivity index (χ3n) is 8.04. The molecule has 0 aromatic carbocycles. The van der Waals surface area contributed by atoms with E-state index in [0.29, 0.717) is 26.4 Å². The summed E-state index contributed by atoms with van der Waals surface area (Å²) < 4.78 is 214. The summed E-state index contributed by atoms with van der Waals surface area (Å²) in [5.41, 5.74) is -1.75. The van der Waals surface area contributed by atoms with Gasteiger partial charge in [-0.05, 0) is 26.2 Å². The number of rotatable bonds is 30. The molecule has 0 heterocycles. The first-order valence-electron chi connectivity index (χ1n) is 16.8. The van der Waals surface area contributed by atoms with Crippen molar-refractivity contribution in [2.75, 3.05) is 86.9 Å². The second kappa shape index (κ2) is 23.0. The monoisotopic (exact) mass is 854 g/mol. The van der Waals surface area contributed by atoms with Crippen molar-refractivity contribution in [1.82, 2.24) is 0 Å². The van der Waals surface area contributed by atoms with Crippen LogP contribution in [0.4, 0.5) is 57.1 Å². The van der Waals surface area contributed by atoms with Crippen molar-refractivity contribution in [2.24, 2.45) is 17.3 Å². The Kier molecular flexibility index (Phi) is 21.9. The second-order valence-electron chi connectivity index (χ2n) is 12.5. The average molecular weight is 855 g/mol. The predicted octanol–water partition coefficient (Wildman–Crippen LogP) is 6.54. The Morgan fingerprint density at radius 2 is 0.964 bits per heavy atom. The van der Waals surface area contributed by atoms with Gasteiger partial charge in [0.1, 0.15) is 6.61 Å². The molecule has 3 unspecified atom stereocenters. The minimum absolute atomic E-state index is 0.0726. The first-order chi connectivity index (χ1) is 25.6. The highest BCUT2D eigenvalue weighted by atomic mass is 19.4. The molecule has 24 heteroatoms. The van der Waals surface area contributed by atoms with Gasteiger partial charge < -0.3 is 37.9 Å². The number of hydrogen-bond acceptors (Lipinski definition) is 11. The Morgan fingerprint density at radius 3 is 1.38 bits per heavy atom. The van der Waals surface area contributed by atoms with Gasteiger partial charge in [-0.15, -0.1) is 0 Å². The lowest BCUT2D eigenvalue weighted by Gasteiger charge is -2.39. The van der Waals surface area contributed by atoms with Gasteiger partial charge in [0, 0.05) is 7.11 Å². The zero-order valence-corrected chi connectivity index (χ0v) is 31.2. The first kappa shape index (κ1) is 53.3. The van der Waals surface area contributed by atoms with E-state index in [0.717, 1.165) is 7.11 Å². The molecule has 0 bridgehead atoms. The molecule has 0 rings (SSSR count). The third-order valence-corrected chi connectivity index (χ3v) is 8.04. The second-order valence-corrected chi connectivity index (χ2v) is 12.5. The van der Waals surface area contributed by atoms with E-state index in [2.05, 4.69) is 9.47 Å². The number of halogens is 13. The van der Waals surface area contributed by atoms with Gasteiger partial charge in [-0.25, -0.2) is 0 Å². The van der Waals surface area contributed by atoms with Crippen LogP contribution < -0.4 is 0 Å². The molecule has 0 spiro atoms. The van der Waals surface area contributed by atoms with Crippen molar-refractivity contribution >= 4 is 17.9 Å². The lowest BCUT2D eigenvalue weighted by Crippen LogP contribution is -2.70. The topological polar surface area (TPSA) is 125 Å². The minimum atomic E-state index is -8.06. The molecular formula is C32H47F13O11. The Hall–Kier alpha value is -2.70. The van der Waals surface area contributed by atoms with Crippen LogP contribution in [0.15, 0.2) is 0 Å². The van der Waals surface area contributed by atoms with Crippen molar-refractivity contribution < 1.29 is 109 Å². The van der Waals surface area contributed by atoms with Crippen LogP contribution in [-0.2, 0) is 52.3 Å². The van der Waals surface area contributed by atoms with Crippen molar-refractivity contribution in [3.63, 3.8) is 0 Å². The van der Waals surface area contributed by atoms with Crippen molar-refractivity contribution in [3.05, 3.63) is 0 Å². The molecule has 0 aliphatic rings. The van der Waals surface area contributed by atoms with Gasteiger partial charge in [0.05, 0.1) is 96.9 Å². The molecule has 56 heavy (non-hydrogen) atoms. The highest BCUT2D eigenvalue weighted by Crippen LogP contribution is 2.60. The normalized spacial score (nSPS) is 15.5. The molecule has 0 aromatic rings. The minimum Gasteiger partial charge on any atom is -0.469 e. The maximum absolute atomic E-state index is 14.2. The molecule has 0 amide bonds. The van der Waals surface area contributed by atoms with Crippen LogP contribution in [0.5, 0.6) is 0 Å². The number of ether oxygens (including phenoxy) is 8. The lowest BCUT2D eigenvalue weighted by molar-refractivity contribution is -0.440. The number of alkyl halides is 13. The van der Waals surface area contributed by atoms with E-state index in [4.69, 9.17) is 28.4 Å². The van der Waals surface area contributed by atoms with Crippen molar-refractivity contribution in [3.8, 4) is 0 Å². The van der Waals surface area contributed by atoms with Gasteiger partial charge in [-0.3, -0.25) is 14.4 Å². The third kappa shape index (κ3) is 14.6. The van der Waals surface area contributed by atoms with Crippen LogP contribution in [0.25, 0.3) is 0 Å². The number of carbonyl (C=O) groups excluding carboxylic acids is 3. The van der Waals surface area contributed by atoms with Crippen LogP contribution in [0.3, 0.4) is 0 Å². The lowest BCUT2D eigenvalue weighted by atomic mass is 9.74. The van der Waals surface area contributed by atoms with Crippen LogP contribution in [0, 0.1) is 17.3 Å². The standard InChI is InChI=1S/C32H47F13O11/c1-6-22(24(47)55-8-7-27(33,34)28(35,36)29(37,38)30(39,40)31(41,42)32(43,44)45)20-26(3,19-21(2)23(46)50-5)25(48)56-18-17-54-16-15-53-14-13-52-12-11-51-10-9-49-4/h21-22H,6-20H2,1-5H3. The van der Waals surface area contributed by atoms with Gasteiger partial charge in [0.15, 0.2) is 0 Å². The quantitative estimate of drug-likeness (QED) is 0.0339. The van der Waals surface area contributed by atoms with E-state index in [9.17, 15) is 71.5 Å². The molecule has 0 aromatic heterocycles. The van der Waals surface area contributed by atoms with Crippen molar-refractivity contribution in [2.45, 2.75) is 82.2 Å². The van der Waals surface area contributed by atoms with Crippen LogP contribution in [0.1, 0.15) is 46.5 Å². The Morgan fingerprint density at radius 1 is 0.536 bits per heavy atom. The van der Waals surface area contributed by atoms with Crippen LogP contribution in [-0.4, -0.2) is 141 Å². The number of carbonyl (C=O) groups is 3. The summed E-state index contributed by atoms with van der Waals surface area (Å²) >= 11 is 0. The number of esters is 3. The molecule has 0 fully saturated rings. The molecule has 0 radical (unpaired) electrons. The molecule has 332 valence electrons. The van der Waals surface area contributed by atoms with E-state index < -0.39 is 90.4 Å². The summed E-state index contributed by atoms with van der Waals surface area (Å²) in [5.74, 6) is -43.7. The highest BCUT2D eigenvalue weighted by molar-refractivity contribution is 5.80. The van der Waals surface area contributed by atoms with Gasteiger partial charge >= 0.3 is 53.7 Å². The largest absolute Gasteiger partial charge is 0.469 e. The van der Waals surface area contributed by atoms with Crippen LogP contribution in [0.2, 0.25) is 0 Å². The zero-order chi connectivity index (χ0) is 43.7. The summed E-state index contributed by atoms with van der Waals surface area (Å²) in [5, 5.41) is 0. The van der Waals surface area contributed by atoms with Gasteiger partial charge in [0.25, 0.3) is 0 Å². The zero-order valence-electron chi connectivity index (χ0n) is 31.2. The summed E-state index contributed by atoms with van der Waals surface area (Å²) in [6, 6.07) is 0. The molecule has 11 nitrogen and oxygen atoms in total. The molecule has 0 aliphatic heterocycles. The SMILES string of the molecule is CCC(CC(C)(CC(C)C(=O)OC)C(=O)OCCOCCOCCOCCOCCOC)C(=O)OCCC(F)(F)C(F)(F)C(F)(F)C(F)(F)C(F)(F)C(F)(F)F. The fraction of sp³-hybridized carbons (Fsp3) is 0.906. The van der Waals surface area contributed by atoms with Gasteiger partial charge in [-0.2, -0.15) is 57.1 Å². The molecule has 0 saturated carbocycles. The van der Waals surface area contributed by atoms with E-state index in [1.165, 1.54) is 27.9 Å². The van der Waals surface area contributed by atoms with E-state index in [-0.39, 0.29) is 52.5 Å². The highest BCUT2D eigenvalue weighted by Gasteiger charge is 2.90. The maximum atomic E-state index is 14.2. The first-order valence-corrected chi connectivity index (χ1v) is 16.8. The Labute approximate surface area is 314 Å². The maximum Gasteiger partial charge on any atom is 0.460 e. The number of hydrogen-bond donors (Lipinski definition) is 0.